The molecule has 0 atom stereocenters. The minimum atomic E-state index is 1.05. The second kappa shape index (κ2) is 5.55. The zero-order valence-electron chi connectivity index (χ0n) is 10.2. The first-order valence-electron chi connectivity index (χ1n) is 5.44. The van der Waals surface area contributed by atoms with Crippen molar-refractivity contribution in [3.8, 4) is 0 Å². The van der Waals surface area contributed by atoms with Crippen molar-refractivity contribution >= 4 is 0 Å². The highest BCUT2D eigenvalue weighted by atomic mass is 14.0. The van der Waals surface area contributed by atoms with Crippen LogP contribution in [0.3, 0.4) is 0 Å². The van der Waals surface area contributed by atoms with E-state index >= 15 is 0 Å². The molecule has 0 heteroatoms. The molecule has 0 nitrogen and oxygen atoms in total. The fraction of sp³-hybridized carbons (Fsp3) is 0.333. The fourth-order valence-corrected chi connectivity index (χ4v) is 1.51. The Kier molecular flexibility index (Phi) is 4.36. The fourth-order valence-electron chi connectivity index (χ4n) is 1.51. The van der Waals surface area contributed by atoms with E-state index in [4.69, 9.17) is 0 Å². The van der Waals surface area contributed by atoms with Gasteiger partial charge in [0.2, 0.25) is 0 Å². The molecule has 0 aliphatic rings. The second-order valence-corrected chi connectivity index (χ2v) is 4.42. The van der Waals surface area contributed by atoms with Crippen LogP contribution in [0.25, 0.3) is 0 Å². The van der Waals surface area contributed by atoms with Crippen molar-refractivity contribution in [3.63, 3.8) is 0 Å². The molecule has 0 amide bonds. The minimum Gasteiger partial charge on any atom is -0.0764 e. The lowest BCUT2D eigenvalue weighted by Gasteiger charge is -2.02. The van der Waals surface area contributed by atoms with Crippen LogP contribution in [0.4, 0.5) is 0 Å². The molecule has 0 aliphatic carbocycles. The Morgan fingerprint density at radius 3 is 2.47 bits per heavy atom. The quantitative estimate of drug-likeness (QED) is 0.632. The Morgan fingerprint density at radius 1 is 1.13 bits per heavy atom. The van der Waals surface area contributed by atoms with Crippen LogP contribution >= 0.6 is 0 Å². The Balaban J connectivity index is 2.70. The first-order valence-corrected chi connectivity index (χ1v) is 5.44. The first-order chi connectivity index (χ1) is 7.08. The standard InChI is InChI=1S/C15H20/c1-12(2)8-9-14(4)11-15-7-5-6-13(3)10-15/h5-10H,11H2,1-4H3/b14-9+. The van der Waals surface area contributed by atoms with Gasteiger partial charge in [0.1, 0.15) is 0 Å². The van der Waals surface area contributed by atoms with Crippen LogP contribution in [0.1, 0.15) is 31.9 Å². The van der Waals surface area contributed by atoms with Gasteiger partial charge in [-0.2, -0.15) is 0 Å². The van der Waals surface area contributed by atoms with Crippen LogP contribution in [0.5, 0.6) is 0 Å². The Bertz CT molecular complexity index is 377. The van der Waals surface area contributed by atoms with Crippen LogP contribution in [0, 0.1) is 6.92 Å². The third kappa shape index (κ3) is 4.64. The molecule has 15 heavy (non-hydrogen) atoms. The summed E-state index contributed by atoms with van der Waals surface area (Å²) < 4.78 is 0. The summed E-state index contributed by atoms with van der Waals surface area (Å²) in [7, 11) is 0. The van der Waals surface area contributed by atoms with E-state index in [0.717, 1.165) is 6.42 Å². The molecule has 0 saturated carbocycles. The molecule has 0 unspecified atom stereocenters. The van der Waals surface area contributed by atoms with E-state index in [1.165, 1.54) is 22.3 Å². The van der Waals surface area contributed by atoms with Crippen molar-refractivity contribution in [2.45, 2.75) is 34.1 Å². The third-order valence-electron chi connectivity index (χ3n) is 2.27. The topological polar surface area (TPSA) is 0 Å². The molecule has 0 aliphatic heterocycles. The summed E-state index contributed by atoms with van der Waals surface area (Å²) in [5.41, 5.74) is 5.48. The molecular formula is C15H20. The smallest absolute Gasteiger partial charge is 0.00667 e. The van der Waals surface area contributed by atoms with Crippen molar-refractivity contribution in [1.82, 2.24) is 0 Å². The summed E-state index contributed by atoms with van der Waals surface area (Å²) >= 11 is 0. The molecular weight excluding hydrogens is 180 g/mol. The van der Waals surface area contributed by atoms with Crippen LogP contribution < -0.4 is 0 Å². The van der Waals surface area contributed by atoms with Crippen LogP contribution in [0.15, 0.2) is 47.6 Å². The summed E-state index contributed by atoms with van der Waals surface area (Å²) in [5.74, 6) is 0. The molecule has 80 valence electrons. The highest BCUT2D eigenvalue weighted by Gasteiger charge is 1.94. The van der Waals surface area contributed by atoms with E-state index in [2.05, 4.69) is 64.1 Å². The van der Waals surface area contributed by atoms with Crippen LogP contribution in [0.2, 0.25) is 0 Å². The number of benzene rings is 1. The molecule has 0 N–H and O–H groups in total. The van der Waals surface area contributed by atoms with Gasteiger partial charge in [-0.05, 0) is 39.7 Å². The van der Waals surface area contributed by atoms with Gasteiger partial charge in [-0.1, -0.05) is 53.1 Å². The molecule has 0 spiro atoms. The zero-order valence-corrected chi connectivity index (χ0v) is 10.2. The van der Waals surface area contributed by atoms with E-state index in [0.29, 0.717) is 0 Å². The van der Waals surface area contributed by atoms with E-state index < -0.39 is 0 Å². The van der Waals surface area contributed by atoms with Crippen LogP contribution in [-0.4, -0.2) is 0 Å². The van der Waals surface area contributed by atoms with Gasteiger partial charge >= 0.3 is 0 Å². The third-order valence-corrected chi connectivity index (χ3v) is 2.27. The summed E-state index contributed by atoms with van der Waals surface area (Å²) in [4.78, 5) is 0. The summed E-state index contributed by atoms with van der Waals surface area (Å²) in [6.07, 6.45) is 5.42. The molecule has 0 fully saturated rings. The minimum absolute atomic E-state index is 1.05. The van der Waals surface area contributed by atoms with E-state index in [1.807, 2.05) is 0 Å². The van der Waals surface area contributed by atoms with Gasteiger partial charge in [0, 0.05) is 0 Å². The molecule has 0 heterocycles. The molecule has 0 saturated heterocycles. The van der Waals surface area contributed by atoms with E-state index in [1.54, 1.807) is 0 Å². The highest BCUT2D eigenvalue weighted by molar-refractivity contribution is 5.27. The molecule has 0 aromatic heterocycles. The SMILES string of the molecule is CC(C)=C/C=C(\C)Cc1cccc(C)c1. The zero-order chi connectivity index (χ0) is 11.3. The van der Waals surface area contributed by atoms with Crippen molar-refractivity contribution in [2.24, 2.45) is 0 Å². The predicted octanol–water partition coefficient (Wildman–Crippen LogP) is 4.45. The van der Waals surface area contributed by atoms with Gasteiger partial charge in [0.25, 0.3) is 0 Å². The number of allylic oxidation sites excluding steroid dienone is 4. The monoisotopic (exact) mass is 200 g/mol. The summed E-state index contributed by atoms with van der Waals surface area (Å²) in [5, 5.41) is 0. The summed E-state index contributed by atoms with van der Waals surface area (Å²) in [6, 6.07) is 8.70. The normalized spacial score (nSPS) is 11.3. The maximum Gasteiger partial charge on any atom is -0.00667 e. The summed E-state index contributed by atoms with van der Waals surface area (Å²) in [6.45, 7) is 8.56. The lowest BCUT2D eigenvalue weighted by atomic mass is 10.0. The predicted molar refractivity (Wildman–Crippen MR) is 68.1 cm³/mol. The van der Waals surface area contributed by atoms with Gasteiger partial charge in [0.15, 0.2) is 0 Å². The molecule has 0 bridgehead atoms. The Labute approximate surface area is 93.3 Å². The lowest BCUT2D eigenvalue weighted by molar-refractivity contribution is 1.13. The Morgan fingerprint density at radius 2 is 1.87 bits per heavy atom. The maximum atomic E-state index is 2.25. The largest absolute Gasteiger partial charge is 0.0764 e. The highest BCUT2D eigenvalue weighted by Crippen LogP contribution is 2.10. The average Bonchev–Trinajstić information content (AvgIpc) is 2.15. The van der Waals surface area contributed by atoms with Gasteiger partial charge in [0.05, 0.1) is 0 Å². The number of rotatable bonds is 3. The van der Waals surface area contributed by atoms with Gasteiger partial charge in [-0.25, -0.2) is 0 Å². The average molecular weight is 200 g/mol. The van der Waals surface area contributed by atoms with Crippen molar-refractivity contribution < 1.29 is 0 Å². The molecule has 0 radical (unpaired) electrons. The van der Waals surface area contributed by atoms with E-state index in [9.17, 15) is 0 Å². The molecule has 1 aromatic rings. The van der Waals surface area contributed by atoms with Gasteiger partial charge < -0.3 is 0 Å². The van der Waals surface area contributed by atoms with Gasteiger partial charge in [-0.3, -0.25) is 0 Å². The second-order valence-electron chi connectivity index (χ2n) is 4.42. The van der Waals surface area contributed by atoms with E-state index in [-0.39, 0.29) is 0 Å². The maximum absolute atomic E-state index is 2.25. The van der Waals surface area contributed by atoms with Crippen molar-refractivity contribution in [3.05, 3.63) is 58.7 Å². The van der Waals surface area contributed by atoms with Gasteiger partial charge in [-0.15, -0.1) is 0 Å². The number of hydrogen-bond donors (Lipinski definition) is 0. The van der Waals surface area contributed by atoms with Crippen LogP contribution in [-0.2, 0) is 6.42 Å². The Hall–Kier alpha value is -1.30. The van der Waals surface area contributed by atoms with Crippen molar-refractivity contribution in [2.75, 3.05) is 0 Å². The first kappa shape index (κ1) is 11.8. The van der Waals surface area contributed by atoms with Crippen molar-refractivity contribution in [1.29, 1.82) is 0 Å². The molecule has 1 aromatic carbocycles. The number of hydrogen-bond acceptors (Lipinski definition) is 0. The molecule has 1 rings (SSSR count). The lowest BCUT2D eigenvalue weighted by Crippen LogP contribution is -1.87. The number of aryl methyl sites for hydroxylation is 1.